The second-order valence-corrected chi connectivity index (χ2v) is 3.32. The van der Waals surface area contributed by atoms with Gasteiger partial charge in [0.25, 0.3) is 0 Å². The van der Waals surface area contributed by atoms with Gasteiger partial charge < -0.3 is 0 Å². The summed E-state index contributed by atoms with van der Waals surface area (Å²) in [6, 6.07) is 0. The quantitative estimate of drug-likeness (QED) is 0.511. The number of hydrogen-bond donors (Lipinski definition) is 0. The minimum absolute atomic E-state index is 0.954. The van der Waals surface area contributed by atoms with Crippen LogP contribution in [0.4, 0.5) is 0 Å². The smallest absolute Gasteiger partial charge is 0.0810 e. The normalized spacial score (nSPS) is 8.73. The van der Waals surface area contributed by atoms with Crippen LogP contribution in [0.1, 0.15) is 20.9 Å². The van der Waals surface area contributed by atoms with Crippen molar-refractivity contribution in [1.29, 1.82) is 0 Å². The van der Waals surface area contributed by atoms with Crippen molar-refractivity contribution in [3.8, 4) is 24.7 Å². The maximum absolute atomic E-state index is 5.28. The van der Waals surface area contributed by atoms with E-state index < -0.39 is 0 Å². The predicted molar refractivity (Wildman–Crippen MR) is 49.7 cm³/mol. The molecular weight excluding hydrogens is 152 g/mol. The molecule has 0 amide bonds. The van der Waals surface area contributed by atoms with Crippen LogP contribution in [0.3, 0.4) is 0 Å². The number of hydrogen-bond acceptors (Lipinski definition) is 1. The molecule has 0 aliphatic rings. The van der Waals surface area contributed by atoms with Gasteiger partial charge in [-0.25, -0.2) is 0 Å². The molecule has 0 atom stereocenters. The lowest BCUT2D eigenvalue weighted by Crippen LogP contribution is -1.75. The van der Waals surface area contributed by atoms with Crippen LogP contribution in [-0.2, 0) is 0 Å². The summed E-state index contributed by atoms with van der Waals surface area (Å²) < 4.78 is 0. The zero-order valence-electron chi connectivity index (χ0n) is 6.56. The first kappa shape index (κ1) is 7.92. The Bertz CT molecular complexity index is 321. The fraction of sp³-hybridized carbons (Fsp3) is 0.200. The van der Waals surface area contributed by atoms with Crippen molar-refractivity contribution >= 4 is 11.3 Å². The lowest BCUT2D eigenvalue weighted by molar-refractivity contribution is 1.38. The summed E-state index contributed by atoms with van der Waals surface area (Å²) in [5, 5.41) is 0. The standard InChI is InChI=1S/C10H8S/c1-5-9-7(3)8(4)10(6-2)11-9/h1-2H,3-4H3. The summed E-state index contributed by atoms with van der Waals surface area (Å²) in [4.78, 5) is 1.91. The summed E-state index contributed by atoms with van der Waals surface area (Å²) in [5.41, 5.74) is 2.29. The minimum atomic E-state index is 0.954. The molecule has 1 rings (SSSR count). The van der Waals surface area contributed by atoms with E-state index in [2.05, 4.69) is 11.8 Å². The van der Waals surface area contributed by atoms with Crippen LogP contribution >= 0.6 is 11.3 Å². The van der Waals surface area contributed by atoms with Gasteiger partial charge >= 0.3 is 0 Å². The third-order valence-electron chi connectivity index (χ3n) is 1.71. The van der Waals surface area contributed by atoms with Gasteiger partial charge in [-0.1, -0.05) is 11.8 Å². The molecule has 11 heavy (non-hydrogen) atoms. The van der Waals surface area contributed by atoms with Gasteiger partial charge in [-0.2, -0.15) is 0 Å². The zero-order chi connectivity index (χ0) is 8.43. The van der Waals surface area contributed by atoms with Gasteiger partial charge in [-0.05, 0) is 25.0 Å². The molecule has 0 saturated carbocycles. The second-order valence-electron chi connectivity index (χ2n) is 2.30. The molecule has 1 aromatic rings. The lowest BCUT2D eigenvalue weighted by atomic mass is 10.1. The van der Waals surface area contributed by atoms with Crippen LogP contribution in [0, 0.1) is 38.5 Å². The maximum Gasteiger partial charge on any atom is 0.0810 e. The zero-order valence-corrected chi connectivity index (χ0v) is 7.38. The van der Waals surface area contributed by atoms with Crippen molar-refractivity contribution in [2.45, 2.75) is 13.8 Å². The molecule has 0 aromatic carbocycles. The molecule has 0 N–H and O–H groups in total. The highest BCUT2D eigenvalue weighted by Gasteiger charge is 2.06. The first-order chi connectivity index (χ1) is 5.20. The van der Waals surface area contributed by atoms with E-state index in [0.29, 0.717) is 0 Å². The minimum Gasteiger partial charge on any atom is -0.117 e. The summed E-state index contributed by atoms with van der Waals surface area (Å²) >= 11 is 1.51. The van der Waals surface area contributed by atoms with E-state index in [1.54, 1.807) is 0 Å². The molecule has 0 spiro atoms. The van der Waals surface area contributed by atoms with Gasteiger partial charge in [-0.3, -0.25) is 0 Å². The Labute approximate surface area is 71.3 Å². The molecule has 0 bridgehead atoms. The first-order valence-corrected chi connectivity index (χ1v) is 4.05. The Hall–Kier alpha value is -1.18. The summed E-state index contributed by atoms with van der Waals surface area (Å²) in [7, 11) is 0. The summed E-state index contributed by atoms with van der Waals surface area (Å²) in [6.45, 7) is 4.00. The van der Waals surface area contributed by atoms with Crippen LogP contribution in [-0.4, -0.2) is 0 Å². The molecule has 0 unspecified atom stereocenters. The molecule has 0 saturated heterocycles. The van der Waals surface area contributed by atoms with E-state index >= 15 is 0 Å². The van der Waals surface area contributed by atoms with Gasteiger partial charge in [-0.15, -0.1) is 24.2 Å². The van der Waals surface area contributed by atoms with Crippen molar-refractivity contribution in [1.82, 2.24) is 0 Å². The average Bonchev–Trinajstić information content (AvgIpc) is 2.30. The SMILES string of the molecule is C#Cc1sc(C#C)c(C)c1C. The van der Waals surface area contributed by atoms with E-state index in [1.807, 2.05) is 13.8 Å². The third-order valence-corrected chi connectivity index (χ3v) is 2.97. The number of rotatable bonds is 0. The van der Waals surface area contributed by atoms with Crippen molar-refractivity contribution in [3.05, 3.63) is 20.9 Å². The Morgan fingerprint density at radius 3 is 1.55 bits per heavy atom. The second kappa shape index (κ2) is 2.82. The molecule has 0 aliphatic heterocycles. The number of thiophene rings is 1. The average molecular weight is 160 g/mol. The van der Waals surface area contributed by atoms with Crippen molar-refractivity contribution in [3.63, 3.8) is 0 Å². The van der Waals surface area contributed by atoms with Crippen LogP contribution < -0.4 is 0 Å². The predicted octanol–water partition coefficient (Wildman–Crippen LogP) is 2.33. The van der Waals surface area contributed by atoms with E-state index in [0.717, 1.165) is 20.9 Å². The van der Waals surface area contributed by atoms with Gasteiger partial charge in [0.2, 0.25) is 0 Å². The Morgan fingerprint density at radius 1 is 1.00 bits per heavy atom. The molecule has 0 radical (unpaired) electrons. The highest BCUT2D eigenvalue weighted by molar-refractivity contribution is 7.13. The van der Waals surface area contributed by atoms with E-state index in [-0.39, 0.29) is 0 Å². The van der Waals surface area contributed by atoms with E-state index in [4.69, 9.17) is 12.8 Å². The monoisotopic (exact) mass is 160 g/mol. The van der Waals surface area contributed by atoms with Gasteiger partial charge in [0.15, 0.2) is 0 Å². The van der Waals surface area contributed by atoms with E-state index in [9.17, 15) is 0 Å². The van der Waals surface area contributed by atoms with Gasteiger partial charge in [0.1, 0.15) is 0 Å². The molecule has 0 aliphatic carbocycles. The van der Waals surface area contributed by atoms with Gasteiger partial charge in [0, 0.05) is 0 Å². The first-order valence-electron chi connectivity index (χ1n) is 3.24. The number of terminal acetylenes is 2. The highest BCUT2D eigenvalue weighted by Crippen LogP contribution is 2.25. The summed E-state index contributed by atoms with van der Waals surface area (Å²) in [5.74, 6) is 5.23. The largest absolute Gasteiger partial charge is 0.117 e. The summed E-state index contributed by atoms with van der Waals surface area (Å²) in [6.07, 6.45) is 10.6. The molecule has 0 nitrogen and oxygen atoms in total. The molecular formula is C10H8S. The molecule has 54 valence electrons. The van der Waals surface area contributed by atoms with Crippen molar-refractivity contribution in [2.24, 2.45) is 0 Å². The Balaban J connectivity index is 3.40. The van der Waals surface area contributed by atoms with Crippen LogP contribution in [0.25, 0.3) is 0 Å². The van der Waals surface area contributed by atoms with Crippen LogP contribution in [0.5, 0.6) is 0 Å². The molecule has 1 heteroatoms. The Morgan fingerprint density at radius 2 is 1.36 bits per heavy atom. The van der Waals surface area contributed by atoms with Gasteiger partial charge in [0.05, 0.1) is 9.75 Å². The third kappa shape index (κ3) is 1.16. The molecule has 0 fully saturated rings. The fourth-order valence-corrected chi connectivity index (χ4v) is 1.81. The lowest BCUT2D eigenvalue weighted by Gasteiger charge is -1.88. The molecule has 1 aromatic heterocycles. The van der Waals surface area contributed by atoms with Crippen molar-refractivity contribution < 1.29 is 0 Å². The van der Waals surface area contributed by atoms with Crippen molar-refractivity contribution in [2.75, 3.05) is 0 Å². The maximum atomic E-state index is 5.28. The highest BCUT2D eigenvalue weighted by atomic mass is 32.1. The van der Waals surface area contributed by atoms with Crippen LogP contribution in [0.2, 0.25) is 0 Å². The fourth-order valence-electron chi connectivity index (χ4n) is 0.871. The van der Waals surface area contributed by atoms with Crippen LogP contribution in [0.15, 0.2) is 0 Å². The molecule has 1 heterocycles. The Kier molecular flexibility index (Phi) is 2.03. The topological polar surface area (TPSA) is 0 Å². The van der Waals surface area contributed by atoms with E-state index in [1.165, 1.54) is 11.3 Å².